The number of nitrogens with one attached hydrogen (secondary N) is 1. The number of carbonyl (C=O) groups excluding carboxylic acids is 2. The van der Waals surface area contributed by atoms with Gasteiger partial charge >= 0.3 is 5.97 Å². The van der Waals surface area contributed by atoms with Crippen molar-refractivity contribution in [2.75, 3.05) is 12.4 Å². The van der Waals surface area contributed by atoms with E-state index in [1.807, 2.05) is 19.1 Å². The molecule has 0 aliphatic heterocycles. The molecule has 0 unspecified atom stereocenters. The molecule has 7 nitrogen and oxygen atoms in total. The van der Waals surface area contributed by atoms with Crippen molar-refractivity contribution in [3.63, 3.8) is 0 Å². The van der Waals surface area contributed by atoms with Crippen LogP contribution < -0.4 is 5.32 Å². The Hall–Kier alpha value is -2.71. The van der Waals surface area contributed by atoms with Gasteiger partial charge in [0.25, 0.3) is 5.91 Å². The Bertz CT molecular complexity index is 1000. The molecule has 0 bridgehead atoms. The first kappa shape index (κ1) is 22.6. The van der Waals surface area contributed by atoms with Crippen LogP contribution in [0.1, 0.15) is 36.7 Å². The zero-order valence-electron chi connectivity index (χ0n) is 17.2. The first-order valence-electron chi connectivity index (χ1n) is 9.19. The van der Waals surface area contributed by atoms with Crippen molar-refractivity contribution in [3.8, 4) is 0 Å². The molecule has 0 aliphatic carbocycles. The molecule has 0 radical (unpaired) electrons. The third-order valence-electron chi connectivity index (χ3n) is 4.41. The maximum absolute atomic E-state index is 12.6. The van der Waals surface area contributed by atoms with Crippen molar-refractivity contribution in [2.45, 2.75) is 44.7 Å². The fraction of sp³-hybridized carbons (Fsp3) is 0.333. The van der Waals surface area contributed by atoms with Crippen molar-refractivity contribution in [1.29, 1.82) is 0 Å². The molecule has 0 aromatic heterocycles. The molecular weight excluding hydrogens is 392 g/mol. The third kappa shape index (κ3) is 5.65. The Balaban J connectivity index is 2.11. The second kappa shape index (κ2) is 9.19. The highest BCUT2D eigenvalue weighted by Gasteiger charge is 2.25. The first-order chi connectivity index (χ1) is 13.5. The molecule has 0 saturated heterocycles. The van der Waals surface area contributed by atoms with Crippen molar-refractivity contribution < 1.29 is 22.7 Å². The zero-order valence-corrected chi connectivity index (χ0v) is 18.0. The van der Waals surface area contributed by atoms with Gasteiger partial charge in [0.15, 0.2) is 6.10 Å². The molecule has 0 saturated carbocycles. The number of aryl methyl sites for hydroxylation is 1. The van der Waals surface area contributed by atoms with E-state index < -0.39 is 28.0 Å². The molecule has 1 amide bonds. The lowest BCUT2D eigenvalue weighted by Gasteiger charge is -2.21. The average molecular weight is 419 g/mol. The van der Waals surface area contributed by atoms with Gasteiger partial charge in [-0.3, -0.25) is 4.79 Å². The number of amides is 1. The van der Waals surface area contributed by atoms with Crippen LogP contribution in [0.2, 0.25) is 0 Å². The summed E-state index contributed by atoms with van der Waals surface area (Å²) in [5.74, 6) is -1.26. The van der Waals surface area contributed by atoms with E-state index in [4.69, 9.17) is 4.74 Å². The van der Waals surface area contributed by atoms with E-state index in [9.17, 15) is 18.0 Å². The monoisotopic (exact) mass is 418 g/mol. The van der Waals surface area contributed by atoms with Crippen molar-refractivity contribution in [3.05, 3.63) is 59.7 Å². The number of nitrogens with zero attached hydrogens (tertiary/aromatic N) is 1. The summed E-state index contributed by atoms with van der Waals surface area (Å²) in [6.45, 7) is 6.86. The van der Waals surface area contributed by atoms with Crippen LogP contribution in [0.4, 0.5) is 5.69 Å². The molecule has 2 aromatic rings. The summed E-state index contributed by atoms with van der Waals surface area (Å²) >= 11 is 0. The molecule has 29 heavy (non-hydrogen) atoms. The van der Waals surface area contributed by atoms with E-state index >= 15 is 0 Å². The van der Waals surface area contributed by atoms with E-state index in [2.05, 4.69) is 5.32 Å². The van der Waals surface area contributed by atoms with E-state index in [1.54, 1.807) is 26.0 Å². The summed E-state index contributed by atoms with van der Waals surface area (Å²) in [6, 6.07) is 12.6. The minimum Gasteiger partial charge on any atom is -0.449 e. The Kier molecular flexibility index (Phi) is 7.16. The van der Waals surface area contributed by atoms with E-state index in [1.165, 1.54) is 42.5 Å². The molecule has 156 valence electrons. The Morgan fingerprint density at radius 2 is 1.69 bits per heavy atom. The fourth-order valence-electron chi connectivity index (χ4n) is 2.48. The molecule has 0 heterocycles. The van der Waals surface area contributed by atoms with Crippen LogP contribution in [-0.2, 0) is 19.6 Å². The SMILES string of the molecule is Cc1cccc(NC(=O)[C@H](C)OC(=O)c2cccc(S(=O)(=O)N(C)C(C)C)c2)c1. The summed E-state index contributed by atoms with van der Waals surface area (Å²) in [5.41, 5.74) is 1.64. The zero-order chi connectivity index (χ0) is 21.8. The number of rotatable bonds is 7. The standard InChI is InChI=1S/C21H26N2O5S/c1-14(2)23(5)29(26,27)19-11-7-9-17(13-19)21(25)28-16(4)20(24)22-18-10-6-8-15(3)12-18/h6-14,16H,1-5H3,(H,22,24)/t16-/m0/s1. The predicted molar refractivity (Wildman–Crippen MR) is 111 cm³/mol. The number of sulfonamides is 1. The summed E-state index contributed by atoms with van der Waals surface area (Å²) in [5, 5.41) is 2.68. The molecule has 2 rings (SSSR count). The number of benzene rings is 2. The first-order valence-corrected chi connectivity index (χ1v) is 10.6. The highest BCUT2D eigenvalue weighted by Crippen LogP contribution is 2.19. The van der Waals surface area contributed by atoms with Gasteiger partial charge < -0.3 is 10.1 Å². The lowest BCUT2D eigenvalue weighted by molar-refractivity contribution is -0.123. The van der Waals surface area contributed by atoms with Crippen LogP contribution >= 0.6 is 0 Å². The summed E-state index contributed by atoms with van der Waals surface area (Å²) < 4.78 is 31.7. The number of hydrogen-bond donors (Lipinski definition) is 1. The van der Waals surface area contributed by atoms with Gasteiger partial charge in [-0.25, -0.2) is 13.2 Å². The molecule has 1 atom stereocenters. The number of esters is 1. The van der Waals surface area contributed by atoms with Crippen LogP contribution in [0.25, 0.3) is 0 Å². The lowest BCUT2D eigenvalue weighted by Crippen LogP contribution is -2.33. The van der Waals surface area contributed by atoms with Crippen LogP contribution in [0, 0.1) is 6.92 Å². The van der Waals surface area contributed by atoms with Gasteiger partial charge in [-0.15, -0.1) is 0 Å². The molecule has 0 fully saturated rings. The van der Waals surface area contributed by atoms with Gasteiger partial charge in [0.2, 0.25) is 10.0 Å². The summed E-state index contributed by atoms with van der Waals surface area (Å²) in [4.78, 5) is 24.7. The number of ether oxygens (including phenoxy) is 1. The normalized spacial score (nSPS) is 12.7. The Morgan fingerprint density at radius 1 is 1.03 bits per heavy atom. The summed E-state index contributed by atoms with van der Waals surface area (Å²) in [7, 11) is -2.26. The fourth-order valence-corrected chi connectivity index (χ4v) is 3.89. The van der Waals surface area contributed by atoms with E-state index in [0.29, 0.717) is 5.69 Å². The van der Waals surface area contributed by atoms with Crippen molar-refractivity contribution in [1.82, 2.24) is 4.31 Å². The molecule has 1 N–H and O–H groups in total. The number of hydrogen-bond acceptors (Lipinski definition) is 5. The minimum absolute atomic E-state index is 0.0139. The second-order valence-corrected chi connectivity index (χ2v) is 9.05. The molecular formula is C21H26N2O5S. The van der Waals surface area contributed by atoms with Gasteiger partial charge in [-0.05, 0) is 63.6 Å². The van der Waals surface area contributed by atoms with Crippen LogP contribution in [-0.4, -0.2) is 43.8 Å². The smallest absolute Gasteiger partial charge is 0.338 e. The largest absolute Gasteiger partial charge is 0.449 e. The van der Waals surface area contributed by atoms with Crippen LogP contribution in [0.5, 0.6) is 0 Å². The highest BCUT2D eigenvalue weighted by atomic mass is 32.2. The second-order valence-electron chi connectivity index (χ2n) is 7.05. The average Bonchev–Trinajstić information content (AvgIpc) is 2.67. The maximum Gasteiger partial charge on any atom is 0.338 e. The molecule has 0 aliphatic rings. The van der Waals surface area contributed by atoms with Gasteiger partial charge in [0, 0.05) is 18.8 Å². The Labute approximate surface area is 171 Å². The predicted octanol–water partition coefficient (Wildman–Crippen LogP) is 3.21. The minimum atomic E-state index is -3.74. The van der Waals surface area contributed by atoms with Gasteiger partial charge in [-0.1, -0.05) is 18.2 Å². The van der Waals surface area contributed by atoms with Crippen molar-refractivity contribution in [2.24, 2.45) is 0 Å². The number of carbonyl (C=O) groups is 2. The van der Waals surface area contributed by atoms with Gasteiger partial charge in [0.1, 0.15) is 0 Å². The van der Waals surface area contributed by atoms with Crippen LogP contribution in [0.15, 0.2) is 53.4 Å². The highest BCUT2D eigenvalue weighted by molar-refractivity contribution is 7.89. The van der Waals surface area contributed by atoms with Crippen molar-refractivity contribution >= 4 is 27.6 Å². The quantitative estimate of drug-likeness (QED) is 0.697. The molecule has 8 heteroatoms. The topological polar surface area (TPSA) is 92.8 Å². The molecule has 0 spiro atoms. The number of anilines is 1. The van der Waals surface area contributed by atoms with E-state index in [0.717, 1.165) is 5.56 Å². The summed E-state index contributed by atoms with van der Waals surface area (Å²) in [6.07, 6.45) is -1.05. The molecule has 2 aromatic carbocycles. The van der Waals surface area contributed by atoms with E-state index in [-0.39, 0.29) is 16.5 Å². The van der Waals surface area contributed by atoms with Gasteiger partial charge in [0.05, 0.1) is 10.5 Å². The third-order valence-corrected chi connectivity index (χ3v) is 6.44. The lowest BCUT2D eigenvalue weighted by atomic mass is 10.2. The van der Waals surface area contributed by atoms with Gasteiger partial charge in [-0.2, -0.15) is 4.31 Å². The van der Waals surface area contributed by atoms with Crippen LogP contribution in [0.3, 0.4) is 0 Å². The maximum atomic E-state index is 12.6. The Morgan fingerprint density at radius 3 is 2.31 bits per heavy atom.